The zero-order valence-electron chi connectivity index (χ0n) is 18.2. The van der Waals surface area contributed by atoms with Crippen molar-refractivity contribution in [3.8, 4) is 5.75 Å². The van der Waals surface area contributed by atoms with Gasteiger partial charge in [0, 0.05) is 17.6 Å². The molecular formula is C25H26N4O2S. The van der Waals surface area contributed by atoms with Crippen LogP contribution in [0.4, 0.5) is 5.69 Å². The van der Waals surface area contributed by atoms with Gasteiger partial charge in [0.05, 0.1) is 5.75 Å². The third-order valence-corrected chi connectivity index (χ3v) is 6.17. The van der Waals surface area contributed by atoms with E-state index >= 15 is 0 Å². The van der Waals surface area contributed by atoms with Crippen molar-refractivity contribution in [1.82, 2.24) is 14.8 Å². The maximum atomic E-state index is 12.6. The Bertz CT molecular complexity index is 1200. The van der Waals surface area contributed by atoms with Crippen molar-refractivity contribution in [3.05, 3.63) is 78.1 Å². The van der Waals surface area contributed by atoms with Crippen LogP contribution < -0.4 is 10.1 Å². The van der Waals surface area contributed by atoms with Crippen LogP contribution in [-0.2, 0) is 24.4 Å². The minimum Gasteiger partial charge on any atom is -0.486 e. The highest BCUT2D eigenvalue weighted by molar-refractivity contribution is 7.99. The molecule has 0 fully saturated rings. The Morgan fingerprint density at radius 2 is 1.78 bits per heavy atom. The Morgan fingerprint density at radius 3 is 2.56 bits per heavy atom. The Hall–Kier alpha value is -3.32. The second kappa shape index (κ2) is 10.3. The first-order chi connectivity index (χ1) is 15.7. The Kier molecular flexibility index (Phi) is 7.07. The first kappa shape index (κ1) is 21.9. The summed E-state index contributed by atoms with van der Waals surface area (Å²) >= 11 is 1.37. The van der Waals surface area contributed by atoms with Crippen molar-refractivity contribution in [1.29, 1.82) is 0 Å². The minimum absolute atomic E-state index is 0.0779. The topological polar surface area (TPSA) is 69.0 Å². The molecule has 7 heteroatoms. The van der Waals surface area contributed by atoms with Crippen molar-refractivity contribution in [2.24, 2.45) is 0 Å². The van der Waals surface area contributed by atoms with Crippen LogP contribution in [0.15, 0.2) is 71.9 Å². The van der Waals surface area contributed by atoms with Gasteiger partial charge in [-0.2, -0.15) is 0 Å². The fraction of sp³-hybridized carbons (Fsp3) is 0.240. The van der Waals surface area contributed by atoms with Gasteiger partial charge in [0.1, 0.15) is 12.4 Å². The Balaban J connectivity index is 1.36. The molecule has 1 heterocycles. The molecule has 6 nitrogen and oxygen atoms in total. The van der Waals surface area contributed by atoms with E-state index < -0.39 is 0 Å². The predicted molar refractivity (Wildman–Crippen MR) is 129 cm³/mol. The summed E-state index contributed by atoms with van der Waals surface area (Å²) in [5.41, 5.74) is 2.09. The Labute approximate surface area is 192 Å². The summed E-state index contributed by atoms with van der Waals surface area (Å²) in [6.45, 7) is 5.19. The number of amides is 1. The summed E-state index contributed by atoms with van der Waals surface area (Å²) in [4.78, 5) is 12.6. The number of hydrogen-bond acceptors (Lipinski definition) is 5. The zero-order chi connectivity index (χ0) is 22.3. The van der Waals surface area contributed by atoms with E-state index in [-0.39, 0.29) is 11.7 Å². The maximum Gasteiger partial charge on any atom is 0.234 e. The molecule has 32 heavy (non-hydrogen) atoms. The lowest BCUT2D eigenvalue weighted by Gasteiger charge is -2.10. The first-order valence-electron chi connectivity index (χ1n) is 10.7. The molecule has 0 bridgehead atoms. The van der Waals surface area contributed by atoms with Crippen molar-refractivity contribution >= 4 is 34.1 Å². The van der Waals surface area contributed by atoms with Gasteiger partial charge in [0.15, 0.2) is 11.0 Å². The minimum atomic E-state index is -0.0779. The van der Waals surface area contributed by atoms with Crippen molar-refractivity contribution < 1.29 is 9.53 Å². The van der Waals surface area contributed by atoms with E-state index in [0.29, 0.717) is 18.3 Å². The molecule has 3 aromatic carbocycles. The number of carbonyl (C=O) groups is 1. The summed E-state index contributed by atoms with van der Waals surface area (Å²) in [5, 5.41) is 14.4. The van der Waals surface area contributed by atoms with Gasteiger partial charge in [0.2, 0.25) is 5.91 Å². The van der Waals surface area contributed by atoms with E-state index in [2.05, 4.69) is 34.6 Å². The molecule has 1 amide bonds. The van der Waals surface area contributed by atoms with E-state index in [1.54, 1.807) is 0 Å². The third kappa shape index (κ3) is 5.11. The van der Waals surface area contributed by atoms with Crippen LogP contribution in [0.1, 0.15) is 25.2 Å². The smallest absolute Gasteiger partial charge is 0.234 e. The van der Waals surface area contributed by atoms with Crippen molar-refractivity contribution in [3.63, 3.8) is 0 Å². The van der Waals surface area contributed by atoms with Gasteiger partial charge in [-0.3, -0.25) is 4.79 Å². The molecular weight excluding hydrogens is 420 g/mol. The predicted octanol–water partition coefficient (Wildman–Crippen LogP) is 5.32. The van der Waals surface area contributed by atoms with E-state index in [1.807, 2.05) is 66.1 Å². The number of thioether (sulfide) groups is 1. The van der Waals surface area contributed by atoms with Crippen molar-refractivity contribution in [2.75, 3.05) is 11.1 Å². The number of aromatic nitrogens is 3. The molecule has 0 aliphatic carbocycles. The van der Waals surface area contributed by atoms with Crippen LogP contribution >= 0.6 is 11.8 Å². The average molecular weight is 447 g/mol. The number of benzene rings is 3. The molecule has 164 valence electrons. The standard InChI is InChI=1S/C25H26N4O2S/c1-3-18-12-14-20(15-13-18)31-16-23-27-28-25(29(23)4-2)32-17-24(30)26-22-11-7-9-19-8-5-6-10-21(19)22/h5-15H,3-4,16-17H2,1-2H3,(H,26,30). The van der Waals surface area contributed by atoms with Gasteiger partial charge in [-0.25, -0.2) is 0 Å². The molecule has 4 rings (SSSR count). The van der Waals surface area contributed by atoms with Gasteiger partial charge in [-0.05, 0) is 42.5 Å². The quantitative estimate of drug-likeness (QED) is 0.352. The summed E-state index contributed by atoms with van der Waals surface area (Å²) in [5.74, 6) is 1.71. The lowest BCUT2D eigenvalue weighted by atomic mass is 10.1. The average Bonchev–Trinajstić information content (AvgIpc) is 3.23. The molecule has 4 aromatic rings. The summed E-state index contributed by atoms with van der Waals surface area (Å²) in [6, 6.07) is 22.0. The second-order valence-corrected chi connectivity index (χ2v) is 8.24. The molecule has 0 aliphatic rings. The fourth-order valence-electron chi connectivity index (χ4n) is 3.47. The number of aryl methyl sites for hydroxylation is 1. The molecule has 1 N–H and O–H groups in total. The van der Waals surface area contributed by atoms with E-state index in [1.165, 1.54) is 17.3 Å². The van der Waals surface area contributed by atoms with Crippen molar-refractivity contribution in [2.45, 2.75) is 38.6 Å². The highest BCUT2D eigenvalue weighted by Gasteiger charge is 2.14. The number of anilines is 1. The molecule has 0 aliphatic heterocycles. The van der Waals surface area contributed by atoms with Crippen LogP contribution in [0, 0.1) is 0 Å². The summed E-state index contributed by atoms with van der Waals surface area (Å²) < 4.78 is 7.86. The van der Waals surface area contributed by atoms with Gasteiger partial charge in [-0.1, -0.05) is 67.2 Å². The Morgan fingerprint density at radius 1 is 1.00 bits per heavy atom. The largest absolute Gasteiger partial charge is 0.486 e. The number of carbonyl (C=O) groups excluding carboxylic acids is 1. The van der Waals surface area contributed by atoms with E-state index in [9.17, 15) is 4.79 Å². The molecule has 0 unspecified atom stereocenters. The molecule has 0 atom stereocenters. The van der Waals surface area contributed by atoms with E-state index in [4.69, 9.17) is 4.74 Å². The highest BCUT2D eigenvalue weighted by atomic mass is 32.2. The first-order valence-corrected chi connectivity index (χ1v) is 11.7. The number of hydrogen-bond donors (Lipinski definition) is 1. The second-order valence-electron chi connectivity index (χ2n) is 7.29. The van der Waals surface area contributed by atoms with Gasteiger partial charge in [0.25, 0.3) is 0 Å². The molecule has 1 aromatic heterocycles. The zero-order valence-corrected chi connectivity index (χ0v) is 19.1. The van der Waals surface area contributed by atoms with Crippen LogP contribution in [-0.4, -0.2) is 26.4 Å². The summed E-state index contributed by atoms with van der Waals surface area (Å²) in [7, 11) is 0. The van der Waals surface area contributed by atoms with Gasteiger partial charge >= 0.3 is 0 Å². The van der Waals surface area contributed by atoms with Gasteiger partial charge in [-0.15, -0.1) is 10.2 Å². The number of nitrogens with one attached hydrogen (secondary N) is 1. The molecule has 0 saturated carbocycles. The van der Waals surface area contributed by atoms with Crippen LogP contribution in [0.25, 0.3) is 10.8 Å². The number of rotatable bonds is 9. The van der Waals surface area contributed by atoms with Crippen LogP contribution in [0.5, 0.6) is 5.75 Å². The lowest BCUT2D eigenvalue weighted by Crippen LogP contribution is -2.15. The monoisotopic (exact) mass is 446 g/mol. The highest BCUT2D eigenvalue weighted by Crippen LogP contribution is 2.24. The fourth-order valence-corrected chi connectivity index (χ4v) is 4.29. The molecule has 0 radical (unpaired) electrons. The van der Waals surface area contributed by atoms with E-state index in [0.717, 1.165) is 34.5 Å². The maximum absolute atomic E-state index is 12.6. The lowest BCUT2D eigenvalue weighted by molar-refractivity contribution is -0.113. The van der Waals surface area contributed by atoms with Crippen LogP contribution in [0.3, 0.4) is 0 Å². The van der Waals surface area contributed by atoms with Gasteiger partial charge < -0.3 is 14.6 Å². The number of ether oxygens (including phenoxy) is 1. The summed E-state index contributed by atoms with van der Waals surface area (Å²) in [6.07, 6.45) is 0.999. The van der Waals surface area contributed by atoms with Crippen LogP contribution in [0.2, 0.25) is 0 Å². The number of nitrogens with zero attached hydrogens (tertiary/aromatic N) is 3. The SMILES string of the molecule is CCc1ccc(OCc2nnc(SCC(=O)Nc3cccc4ccccc34)n2CC)cc1. The molecule has 0 saturated heterocycles. The normalized spacial score (nSPS) is 10.9. The number of fused-ring (bicyclic) bond motifs is 1. The molecule has 0 spiro atoms. The third-order valence-electron chi connectivity index (χ3n) is 5.21.